The number of unbranched alkanes of at least 4 members (excludes halogenated alkanes) is 1. The third-order valence-corrected chi connectivity index (χ3v) is 4.97. The van der Waals surface area contributed by atoms with Crippen LogP contribution < -0.4 is 18.9 Å². The van der Waals surface area contributed by atoms with Gasteiger partial charge in [-0.3, -0.25) is 0 Å². The molecular formula is C23H32O4. The molecule has 0 aliphatic carbocycles. The van der Waals surface area contributed by atoms with E-state index in [-0.39, 0.29) is 0 Å². The summed E-state index contributed by atoms with van der Waals surface area (Å²) in [5, 5.41) is 0. The lowest BCUT2D eigenvalue weighted by Gasteiger charge is -2.20. The fraction of sp³-hybridized carbons (Fsp3) is 0.478. The van der Waals surface area contributed by atoms with Gasteiger partial charge < -0.3 is 18.9 Å². The zero-order valence-electron chi connectivity index (χ0n) is 17.4. The molecule has 0 aliphatic rings. The van der Waals surface area contributed by atoms with Gasteiger partial charge in [-0.2, -0.15) is 0 Å². The molecule has 1 atom stereocenters. The SMILES string of the molecule is CCCCc1cc(OC)c(OC)cc1C(C)Cc1ccc(OC)c(OC)c1. The lowest BCUT2D eigenvalue weighted by Crippen LogP contribution is -2.05. The van der Waals surface area contributed by atoms with E-state index >= 15 is 0 Å². The molecule has 4 nitrogen and oxygen atoms in total. The van der Waals surface area contributed by atoms with Gasteiger partial charge in [-0.05, 0) is 66.1 Å². The second kappa shape index (κ2) is 10.1. The van der Waals surface area contributed by atoms with Gasteiger partial charge in [-0.25, -0.2) is 0 Å². The summed E-state index contributed by atoms with van der Waals surface area (Å²) in [5.41, 5.74) is 3.87. The number of benzene rings is 2. The fourth-order valence-corrected chi connectivity index (χ4v) is 3.45. The first-order chi connectivity index (χ1) is 13.1. The Kier molecular flexibility index (Phi) is 7.83. The highest BCUT2D eigenvalue weighted by molar-refractivity contribution is 5.49. The predicted molar refractivity (Wildman–Crippen MR) is 110 cm³/mol. The van der Waals surface area contributed by atoms with Gasteiger partial charge in [0.1, 0.15) is 0 Å². The summed E-state index contributed by atoms with van der Waals surface area (Å²) >= 11 is 0. The summed E-state index contributed by atoms with van der Waals surface area (Å²) in [6, 6.07) is 10.4. The standard InChI is InChI=1S/C23H32O4/c1-7-8-9-18-14-22(26-5)23(27-6)15-19(18)16(2)12-17-10-11-20(24-3)21(13-17)25-4/h10-11,13-16H,7-9,12H2,1-6H3. The van der Waals surface area contributed by atoms with Gasteiger partial charge in [-0.1, -0.05) is 26.3 Å². The lowest BCUT2D eigenvalue weighted by molar-refractivity contribution is 0.353. The van der Waals surface area contributed by atoms with Crippen molar-refractivity contribution < 1.29 is 18.9 Å². The maximum atomic E-state index is 5.54. The highest BCUT2D eigenvalue weighted by Gasteiger charge is 2.17. The van der Waals surface area contributed by atoms with Crippen LogP contribution in [0.3, 0.4) is 0 Å². The van der Waals surface area contributed by atoms with Crippen LogP contribution in [0, 0.1) is 0 Å². The van der Waals surface area contributed by atoms with Crippen LogP contribution >= 0.6 is 0 Å². The highest BCUT2D eigenvalue weighted by Crippen LogP contribution is 2.36. The smallest absolute Gasteiger partial charge is 0.161 e. The molecule has 0 saturated heterocycles. The van der Waals surface area contributed by atoms with E-state index < -0.39 is 0 Å². The Hall–Kier alpha value is -2.36. The minimum Gasteiger partial charge on any atom is -0.493 e. The zero-order valence-corrected chi connectivity index (χ0v) is 17.4. The maximum Gasteiger partial charge on any atom is 0.161 e. The Morgan fingerprint density at radius 1 is 0.778 bits per heavy atom. The first-order valence-electron chi connectivity index (χ1n) is 9.53. The van der Waals surface area contributed by atoms with Gasteiger partial charge in [0, 0.05) is 0 Å². The van der Waals surface area contributed by atoms with E-state index in [1.807, 2.05) is 6.07 Å². The summed E-state index contributed by atoms with van der Waals surface area (Å²) in [6.45, 7) is 4.47. The molecule has 0 saturated carbocycles. The summed E-state index contributed by atoms with van der Waals surface area (Å²) in [7, 11) is 6.70. The highest BCUT2D eigenvalue weighted by atomic mass is 16.5. The molecule has 0 spiro atoms. The number of hydrogen-bond acceptors (Lipinski definition) is 4. The monoisotopic (exact) mass is 372 g/mol. The Morgan fingerprint density at radius 3 is 1.96 bits per heavy atom. The van der Waals surface area contributed by atoms with Crippen molar-refractivity contribution in [2.75, 3.05) is 28.4 Å². The zero-order chi connectivity index (χ0) is 19.8. The van der Waals surface area contributed by atoms with Crippen LogP contribution in [0.5, 0.6) is 23.0 Å². The molecule has 0 aromatic heterocycles. The summed E-state index contributed by atoms with van der Waals surface area (Å²) in [6.07, 6.45) is 4.28. The average molecular weight is 373 g/mol. The van der Waals surface area contributed by atoms with Crippen LogP contribution in [0.15, 0.2) is 30.3 Å². The van der Waals surface area contributed by atoms with Gasteiger partial charge in [0.15, 0.2) is 23.0 Å². The van der Waals surface area contributed by atoms with Gasteiger partial charge in [0.25, 0.3) is 0 Å². The summed E-state index contributed by atoms with van der Waals surface area (Å²) in [4.78, 5) is 0. The molecule has 0 N–H and O–H groups in total. The number of hydrogen-bond donors (Lipinski definition) is 0. The van der Waals surface area contributed by atoms with Crippen LogP contribution in [0.1, 0.15) is 49.3 Å². The molecule has 0 bridgehead atoms. The van der Waals surface area contributed by atoms with Crippen LogP contribution in [0.25, 0.3) is 0 Å². The van der Waals surface area contributed by atoms with Crippen molar-refractivity contribution >= 4 is 0 Å². The lowest BCUT2D eigenvalue weighted by atomic mass is 9.88. The molecule has 0 fully saturated rings. The van der Waals surface area contributed by atoms with Crippen LogP contribution in [0.4, 0.5) is 0 Å². The average Bonchev–Trinajstić information content (AvgIpc) is 2.71. The summed E-state index contributed by atoms with van der Waals surface area (Å²) in [5.74, 6) is 3.44. The Balaban J connectivity index is 2.34. The topological polar surface area (TPSA) is 36.9 Å². The third-order valence-electron chi connectivity index (χ3n) is 4.97. The Bertz CT molecular complexity index is 739. The predicted octanol–water partition coefficient (Wildman–Crippen LogP) is 5.41. The van der Waals surface area contributed by atoms with Crippen LogP contribution in [-0.4, -0.2) is 28.4 Å². The Labute approximate surface area is 163 Å². The molecule has 0 heterocycles. The van der Waals surface area contributed by atoms with E-state index in [0.29, 0.717) is 5.92 Å². The first-order valence-corrected chi connectivity index (χ1v) is 9.53. The van der Waals surface area contributed by atoms with Gasteiger partial charge in [0.2, 0.25) is 0 Å². The van der Waals surface area contributed by atoms with E-state index in [1.165, 1.54) is 16.7 Å². The molecule has 27 heavy (non-hydrogen) atoms. The van der Waals surface area contributed by atoms with Crippen molar-refractivity contribution in [1.29, 1.82) is 0 Å². The van der Waals surface area contributed by atoms with Crippen LogP contribution in [-0.2, 0) is 12.8 Å². The molecule has 4 heteroatoms. The van der Waals surface area contributed by atoms with E-state index in [2.05, 4.69) is 38.1 Å². The number of methoxy groups -OCH3 is 4. The van der Waals surface area contributed by atoms with E-state index in [0.717, 1.165) is 48.7 Å². The van der Waals surface area contributed by atoms with Gasteiger partial charge >= 0.3 is 0 Å². The summed E-state index contributed by atoms with van der Waals surface area (Å²) < 4.78 is 21.8. The van der Waals surface area contributed by atoms with Gasteiger partial charge in [0.05, 0.1) is 28.4 Å². The van der Waals surface area contributed by atoms with Gasteiger partial charge in [-0.15, -0.1) is 0 Å². The van der Waals surface area contributed by atoms with Crippen molar-refractivity contribution in [3.8, 4) is 23.0 Å². The van der Waals surface area contributed by atoms with Crippen molar-refractivity contribution in [1.82, 2.24) is 0 Å². The third kappa shape index (κ3) is 5.09. The van der Waals surface area contributed by atoms with E-state index in [9.17, 15) is 0 Å². The molecular weight excluding hydrogens is 340 g/mol. The van der Waals surface area contributed by atoms with Crippen LogP contribution in [0.2, 0.25) is 0 Å². The number of aryl methyl sites for hydroxylation is 1. The van der Waals surface area contributed by atoms with Crippen molar-refractivity contribution in [3.63, 3.8) is 0 Å². The number of rotatable bonds is 10. The molecule has 2 aromatic rings. The quantitative estimate of drug-likeness (QED) is 0.559. The van der Waals surface area contributed by atoms with Crippen molar-refractivity contribution in [3.05, 3.63) is 47.0 Å². The normalized spacial score (nSPS) is 11.8. The largest absolute Gasteiger partial charge is 0.493 e. The molecule has 2 aromatic carbocycles. The Morgan fingerprint density at radius 2 is 1.37 bits per heavy atom. The molecule has 2 rings (SSSR count). The molecule has 1 unspecified atom stereocenters. The molecule has 0 aliphatic heterocycles. The molecule has 0 amide bonds. The van der Waals surface area contributed by atoms with Crippen molar-refractivity contribution in [2.24, 2.45) is 0 Å². The first kappa shape index (κ1) is 20.9. The van der Waals surface area contributed by atoms with E-state index in [4.69, 9.17) is 18.9 Å². The second-order valence-corrected chi connectivity index (χ2v) is 6.80. The molecule has 148 valence electrons. The second-order valence-electron chi connectivity index (χ2n) is 6.80. The number of ether oxygens (including phenoxy) is 4. The minimum absolute atomic E-state index is 0.342. The molecule has 0 radical (unpaired) electrons. The fourth-order valence-electron chi connectivity index (χ4n) is 3.45. The minimum atomic E-state index is 0.342. The van der Waals surface area contributed by atoms with Crippen molar-refractivity contribution in [2.45, 2.75) is 45.4 Å². The maximum absolute atomic E-state index is 5.54. The van der Waals surface area contributed by atoms with E-state index in [1.54, 1.807) is 28.4 Å².